The largest absolute Gasteiger partial charge is 0.488 e. The first-order valence-electron chi connectivity index (χ1n) is 5.46. The number of ether oxygens (including phenoxy) is 1. The standard InChI is InChI=1S/C14H10F2O3/c15-10-3-1-2-9(6-10)8-19-13-5-4-11(16)7-12(13)14(17)18/h1-7H,8H2,(H,17,18). The van der Waals surface area contributed by atoms with Crippen LogP contribution in [0.4, 0.5) is 8.78 Å². The maximum absolute atomic E-state index is 13.0. The molecule has 2 aromatic carbocycles. The quantitative estimate of drug-likeness (QED) is 0.922. The second kappa shape index (κ2) is 5.48. The van der Waals surface area contributed by atoms with E-state index in [2.05, 4.69) is 0 Å². The fraction of sp³-hybridized carbons (Fsp3) is 0.0714. The van der Waals surface area contributed by atoms with Gasteiger partial charge in [0.25, 0.3) is 0 Å². The molecule has 0 unspecified atom stereocenters. The molecule has 0 spiro atoms. The van der Waals surface area contributed by atoms with Crippen LogP contribution in [0.2, 0.25) is 0 Å². The van der Waals surface area contributed by atoms with Gasteiger partial charge in [0.05, 0.1) is 0 Å². The van der Waals surface area contributed by atoms with Crippen LogP contribution in [0, 0.1) is 11.6 Å². The molecule has 0 heterocycles. The molecule has 2 aromatic rings. The lowest BCUT2D eigenvalue weighted by molar-refractivity contribution is 0.0691. The number of hydrogen-bond donors (Lipinski definition) is 1. The summed E-state index contributed by atoms with van der Waals surface area (Å²) in [5.74, 6) is -2.30. The fourth-order valence-corrected chi connectivity index (χ4v) is 1.58. The monoisotopic (exact) mass is 264 g/mol. The summed E-state index contributed by atoms with van der Waals surface area (Å²) in [5, 5.41) is 8.92. The molecule has 0 aromatic heterocycles. The Morgan fingerprint density at radius 3 is 2.53 bits per heavy atom. The minimum Gasteiger partial charge on any atom is -0.488 e. The van der Waals surface area contributed by atoms with E-state index in [4.69, 9.17) is 9.84 Å². The van der Waals surface area contributed by atoms with Crippen LogP contribution in [0.3, 0.4) is 0 Å². The summed E-state index contributed by atoms with van der Waals surface area (Å²) in [6.45, 7) is 0.00364. The lowest BCUT2D eigenvalue weighted by Crippen LogP contribution is -2.04. The molecule has 98 valence electrons. The summed E-state index contributed by atoms with van der Waals surface area (Å²) in [6, 6.07) is 8.96. The molecule has 0 fully saturated rings. The van der Waals surface area contributed by atoms with Gasteiger partial charge in [-0.15, -0.1) is 0 Å². The van der Waals surface area contributed by atoms with Crippen molar-refractivity contribution in [2.24, 2.45) is 0 Å². The van der Waals surface area contributed by atoms with Gasteiger partial charge in [-0.2, -0.15) is 0 Å². The molecule has 0 aliphatic rings. The molecule has 1 N–H and O–H groups in total. The zero-order valence-corrected chi connectivity index (χ0v) is 9.77. The Morgan fingerprint density at radius 2 is 1.84 bits per heavy atom. The van der Waals surface area contributed by atoms with Crippen molar-refractivity contribution in [1.82, 2.24) is 0 Å². The number of hydrogen-bond acceptors (Lipinski definition) is 2. The molecule has 0 bridgehead atoms. The molecule has 19 heavy (non-hydrogen) atoms. The molecule has 0 saturated carbocycles. The molecule has 2 rings (SSSR count). The first-order valence-corrected chi connectivity index (χ1v) is 5.46. The van der Waals surface area contributed by atoms with E-state index < -0.39 is 17.6 Å². The van der Waals surface area contributed by atoms with Crippen LogP contribution in [0.15, 0.2) is 42.5 Å². The first kappa shape index (κ1) is 13.0. The third-order valence-electron chi connectivity index (χ3n) is 2.46. The molecule has 0 amide bonds. The molecule has 0 atom stereocenters. The summed E-state index contributed by atoms with van der Waals surface area (Å²) in [4.78, 5) is 10.9. The topological polar surface area (TPSA) is 46.5 Å². The number of halogens is 2. The van der Waals surface area contributed by atoms with Crippen molar-refractivity contribution >= 4 is 5.97 Å². The van der Waals surface area contributed by atoms with Gasteiger partial charge >= 0.3 is 5.97 Å². The van der Waals surface area contributed by atoms with Gasteiger partial charge in [0.15, 0.2) is 0 Å². The second-order valence-corrected chi connectivity index (χ2v) is 3.86. The van der Waals surface area contributed by atoms with Gasteiger partial charge in [-0.3, -0.25) is 0 Å². The molecule has 0 radical (unpaired) electrons. The minimum absolute atomic E-state index is 0.00364. The number of rotatable bonds is 4. The van der Waals surface area contributed by atoms with Gasteiger partial charge in [-0.1, -0.05) is 12.1 Å². The number of benzene rings is 2. The lowest BCUT2D eigenvalue weighted by Gasteiger charge is -2.09. The molecule has 5 heteroatoms. The van der Waals surface area contributed by atoms with Crippen molar-refractivity contribution in [3.05, 3.63) is 65.2 Å². The van der Waals surface area contributed by atoms with Gasteiger partial charge in [0.2, 0.25) is 0 Å². The smallest absolute Gasteiger partial charge is 0.339 e. The second-order valence-electron chi connectivity index (χ2n) is 3.86. The van der Waals surface area contributed by atoms with Crippen LogP contribution in [0.5, 0.6) is 5.75 Å². The highest BCUT2D eigenvalue weighted by Gasteiger charge is 2.12. The van der Waals surface area contributed by atoms with Crippen molar-refractivity contribution in [2.45, 2.75) is 6.61 Å². The SMILES string of the molecule is O=C(O)c1cc(F)ccc1OCc1cccc(F)c1. The lowest BCUT2D eigenvalue weighted by atomic mass is 10.2. The molecule has 0 saturated heterocycles. The zero-order chi connectivity index (χ0) is 13.8. The highest BCUT2D eigenvalue weighted by Crippen LogP contribution is 2.21. The summed E-state index contributed by atoms with van der Waals surface area (Å²) < 4.78 is 31.2. The summed E-state index contributed by atoms with van der Waals surface area (Å²) in [6.07, 6.45) is 0. The van der Waals surface area contributed by atoms with Gasteiger partial charge in [-0.25, -0.2) is 13.6 Å². The third kappa shape index (κ3) is 3.28. The summed E-state index contributed by atoms with van der Waals surface area (Å²) >= 11 is 0. The fourth-order valence-electron chi connectivity index (χ4n) is 1.58. The van der Waals surface area contributed by atoms with Crippen LogP contribution < -0.4 is 4.74 Å². The van der Waals surface area contributed by atoms with E-state index in [9.17, 15) is 13.6 Å². The van der Waals surface area contributed by atoms with E-state index in [1.165, 1.54) is 24.3 Å². The number of carboxylic acid groups (broad SMARTS) is 1. The van der Waals surface area contributed by atoms with Crippen molar-refractivity contribution < 1.29 is 23.4 Å². The third-order valence-corrected chi connectivity index (χ3v) is 2.46. The van der Waals surface area contributed by atoms with E-state index in [0.717, 1.165) is 12.1 Å². The van der Waals surface area contributed by atoms with Crippen molar-refractivity contribution in [3.8, 4) is 5.75 Å². The van der Waals surface area contributed by atoms with Crippen LogP contribution in [-0.2, 0) is 6.61 Å². The van der Waals surface area contributed by atoms with Crippen molar-refractivity contribution in [1.29, 1.82) is 0 Å². The van der Waals surface area contributed by atoms with Crippen molar-refractivity contribution in [3.63, 3.8) is 0 Å². The number of aromatic carboxylic acids is 1. The number of carboxylic acids is 1. The Bertz CT molecular complexity index is 611. The number of carbonyl (C=O) groups is 1. The highest BCUT2D eigenvalue weighted by atomic mass is 19.1. The Labute approximate surface area is 108 Å². The van der Waals surface area contributed by atoms with Crippen LogP contribution >= 0.6 is 0 Å². The predicted molar refractivity (Wildman–Crippen MR) is 64.1 cm³/mol. The van der Waals surface area contributed by atoms with Crippen LogP contribution in [-0.4, -0.2) is 11.1 Å². The van der Waals surface area contributed by atoms with Gasteiger partial charge < -0.3 is 9.84 Å². The van der Waals surface area contributed by atoms with E-state index in [1.54, 1.807) is 6.07 Å². The Balaban J connectivity index is 2.17. The maximum Gasteiger partial charge on any atom is 0.339 e. The molecule has 0 aliphatic heterocycles. The average Bonchev–Trinajstić information content (AvgIpc) is 2.37. The first-order chi connectivity index (χ1) is 9.06. The minimum atomic E-state index is -1.28. The maximum atomic E-state index is 13.0. The van der Waals surface area contributed by atoms with Gasteiger partial charge in [0, 0.05) is 0 Å². The van der Waals surface area contributed by atoms with E-state index in [-0.39, 0.29) is 17.9 Å². The van der Waals surface area contributed by atoms with E-state index in [1.807, 2.05) is 0 Å². The van der Waals surface area contributed by atoms with Gasteiger partial charge in [0.1, 0.15) is 29.6 Å². The van der Waals surface area contributed by atoms with E-state index in [0.29, 0.717) is 5.56 Å². The highest BCUT2D eigenvalue weighted by molar-refractivity contribution is 5.90. The predicted octanol–water partition coefficient (Wildman–Crippen LogP) is 3.24. The Morgan fingerprint density at radius 1 is 1.11 bits per heavy atom. The van der Waals surface area contributed by atoms with Gasteiger partial charge in [-0.05, 0) is 35.9 Å². The van der Waals surface area contributed by atoms with E-state index >= 15 is 0 Å². The van der Waals surface area contributed by atoms with Crippen LogP contribution in [0.25, 0.3) is 0 Å². The molecule has 0 aliphatic carbocycles. The molecule has 3 nitrogen and oxygen atoms in total. The molecular weight excluding hydrogens is 254 g/mol. The van der Waals surface area contributed by atoms with Crippen LogP contribution in [0.1, 0.15) is 15.9 Å². The summed E-state index contributed by atoms with van der Waals surface area (Å²) in [7, 11) is 0. The Kier molecular flexibility index (Phi) is 3.75. The normalized spacial score (nSPS) is 10.2. The summed E-state index contributed by atoms with van der Waals surface area (Å²) in [5.41, 5.74) is 0.289. The average molecular weight is 264 g/mol. The molecular formula is C14H10F2O3. The Hall–Kier alpha value is -2.43. The zero-order valence-electron chi connectivity index (χ0n) is 9.77. The van der Waals surface area contributed by atoms with Crippen molar-refractivity contribution in [2.75, 3.05) is 0 Å².